The van der Waals surface area contributed by atoms with Gasteiger partial charge < -0.3 is 9.72 Å². The van der Waals surface area contributed by atoms with E-state index in [0.29, 0.717) is 5.69 Å². The van der Waals surface area contributed by atoms with Crippen LogP contribution in [0, 0.1) is 0 Å². The number of rotatable bonds is 3. The number of aromatic nitrogens is 2. The van der Waals surface area contributed by atoms with Crippen LogP contribution in [0.2, 0.25) is 0 Å². The Bertz CT molecular complexity index is 569. The first kappa shape index (κ1) is 11.2. The number of carbonyl (C=O) groups is 1. The first-order valence-corrected chi connectivity index (χ1v) is 5.12. The molecule has 0 aliphatic rings. The van der Waals surface area contributed by atoms with E-state index in [9.17, 15) is 9.59 Å². The third-order valence-corrected chi connectivity index (χ3v) is 2.40. The van der Waals surface area contributed by atoms with Gasteiger partial charge >= 0.3 is 11.7 Å². The first-order chi connectivity index (χ1) is 8.20. The van der Waals surface area contributed by atoms with Crippen LogP contribution < -0.4 is 5.69 Å². The number of ether oxygens (including phenoxy) is 1. The van der Waals surface area contributed by atoms with Crippen molar-refractivity contribution in [3.05, 3.63) is 47.0 Å². The van der Waals surface area contributed by atoms with Gasteiger partial charge in [0, 0.05) is 6.20 Å². The number of nitrogens with zero attached hydrogens (tertiary/aromatic N) is 1. The molecule has 2 aromatic rings. The van der Waals surface area contributed by atoms with Gasteiger partial charge in [-0.3, -0.25) is 9.36 Å². The Morgan fingerprint density at radius 2 is 2.12 bits per heavy atom. The minimum absolute atomic E-state index is 0.0847. The summed E-state index contributed by atoms with van der Waals surface area (Å²) >= 11 is 0. The standard InChI is InChI=1S/C12H12N2O3/c1-17-11(15)8-14-7-10(13-12(14)16)9-5-3-2-4-6-9/h2-7H,8H2,1H3,(H,13,16)/i12+2. The van der Waals surface area contributed by atoms with E-state index in [1.165, 1.54) is 11.7 Å². The highest BCUT2D eigenvalue weighted by Gasteiger charge is 2.08. The van der Waals surface area contributed by atoms with Crippen LogP contribution in [0.3, 0.4) is 0 Å². The smallest absolute Gasteiger partial charge is 0.326 e. The van der Waals surface area contributed by atoms with Crippen LogP contribution in [0.4, 0.5) is 0 Å². The van der Waals surface area contributed by atoms with Crippen molar-refractivity contribution < 1.29 is 9.53 Å². The van der Waals surface area contributed by atoms with Crippen LogP contribution in [-0.2, 0) is 16.1 Å². The van der Waals surface area contributed by atoms with Crippen LogP contribution in [0.25, 0.3) is 11.3 Å². The highest BCUT2D eigenvalue weighted by molar-refractivity contribution is 5.69. The van der Waals surface area contributed by atoms with Gasteiger partial charge in [-0.15, -0.1) is 0 Å². The molecule has 0 fully saturated rings. The summed E-state index contributed by atoms with van der Waals surface area (Å²) in [5, 5.41) is 0. The van der Waals surface area contributed by atoms with Gasteiger partial charge in [0.1, 0.15) is 6.54 Å². The van der Waals surface area contributed by atoms with Crippen molar-refractivity contribution in [2.75, 3.05) is 7.11 Å². The second kappa shape index (κ2) is 4.69. The van der Waals surface area contributed by atoms with Crippen molar-refractivity contribution in [1.29, 1.82) is 0 Å². The molecule has 0 amide bonds. The summed E-state index contributed by atoms with van der Waals surface area (Å²) in [7, 11) is 1.29. The summed E-state index contributed by atoms with van der Waals surface area (Å²) in [6.45, 7) is -0.0847. The van der Waals surface area contributed by atoms with Gasteiger partial charge in [-0.2, -0.15) is 0 Å². The molecule has 1 N–H and O–H groups in total. The number of imidazole rings is 1. The number of carbonyl (C=O) groups excluding carboxylic acids is 1. The maximum Gasteiger partial charge on any atom is 0.326 e. The topological polar surface area (TPSA) is 64.1 Å². The van der Waals surface area contributed by atoms with E-state index in [4.69, 9.17) is 0 Å². The molecule has 0 atom stereocenters. The Balaban J connectivity index is 2.31. The molecule has 0 saturated heterocycles. The Labute approximate surface area is 97.7 Å². The predicted molar refractivity (Wildman–Crippen MR) is 62.5 cm³/mol. The van der Waals surface area contributed by atoms with Crippen LogP contribution in [0.1, 0.15) is 0 Å². The second-order valence-electron chi connectivity index (χ2n) is 3.54. The molecule has 1 aromatic carbocycles. The van der Waals surface area contributed by atoms with Crippen molar-refractivity contribution in [3.8, 4) is 11.3 Å². The van der Waals surface area contributed by atoms with Gasteiger partial charge in [0.15, 0.2) is 0 Å². The summed E-state index contributed by atoms with van der Waals surface area (Å²) in [5.41, 5.74) is 1.25. The van der Waals surface area contributed by atoms with E-state index in [-0.39, 0.29) is 12.2 Å². The Morgan fingerprint density at radius 3 is 2.76 bits per heavy atom. The largest absolute Gasteiger partial charge is 0.468 e. The molecule has 17 heavy (non-hydrogen) atoms. The highest BCUT2D eigenvalue weighted by atomic mass is 16.5. The predicted octanol–water partition coefficient (Wildman–Crippen LogP) is 1.02. The molecule has 5 nitrogen and oxygen atoms in total. The van der Waals surface area contributed by atoms with Gasteiger partial charge in [0.05, 0.1) is 12.8 Å². The Hall–Kier alpha value is -2.30. The van der Waals surface area contributed by atoms with Crippen molar-refractivity contribution >= 4 is 5.97 Å². The summed E-state index contributed by atoms with van der Waals surface area (Å²) in [6, 6.07) is 9.42. The Morgan fingerprint density at radius 1 is 1.41 bits per heavy atom. The van der Waals surface area contributed by atoms with Gasteiger partial charge in [-0.25, -0.2) is 4.79 Å². The molecule has 0 saturated carbocycles. The quantitative estimate of drug-likeness (QED) is 0.806. The van der Waals surface area contributed by atoms with Gasteiger partial charge in [0.2, 0.25) is 0 Å². The molecule has 0 bridgehead atoms. The number of hydrogen-bond acceptors (Lipinski definition) is 3. The molecular formula is C12H12N2O3. The average molecular weight is 234 g/mol. The van der Waals surface area contributed by atoms with Crippen LogP contribution in [0.5, 0.6) is 0 Å². The summed E-state index contributed by atoms with van der Waals surface area (Å²) < 4.78 is 5.80. The molecule has 1 heterocycles. The molecule has 1 aromatic heterocycles. The third kappa shape index (κ3) is 2.44. The molecule has 88 valence electrons. The lowest BCUT2D eigenvalue weighted by atomic mass is 10.2. The fraction of sp³-hybridized carbons (Fsp3) is 0.167. The van der Waals surface area contributed by atoms with Crippen LogP contribution in [-0.4, -0.2) is 22.6 Å². The van der Waals surface area contributed by atoms with Crippen molar-refractivity contribution in [3.63, 3.8) is 0 Å². The molecule has 0 aliphatic heterocycles. The van der Waals surface area contributed by atoms with E-state index >= 15 is 0 Å². The number of nitrogens with one attached hydrogen (secondary N) is 1. The number of hydrogen-bond donors (Lipinski definition) is 1. The minimum Gasteiger partial charge on any atom is -0.468 e. The minimum atomic E-state index is -0.453. The molecule has 0 aliphatic carbocycles. The SMILES string of the molecule is COC(=O)Cn1cc(-c2ccccc2)[nH][14c]1=O. The van der Waals surface area contributed by atoms with Gasteiger partial charge in [0.25, 0.3) is 0 Å². The van der Waals surface area contributed by atoms with Crippen molar-refractivity contribution in [2.24, 2.45) is 0 Å². The summed E-state index contributed by atoms with van der Waals surface area (Å²) in [6.07, 6.45) is 1.61. The number of aromatic amines is 1. The van der Waals surface area contributed by atoms with E-state index < -0.39 is 5.97 Å². The first-order valence-electron chi connectivity index (χ1n) is 5.12. The van der Waals surface area contributed by atoms with Crippen molar-refractivity contribution in [1.82, 2.24) is 9.55 Å². The normalized spacial score (nSPS) is 10.2. The molecule has 0 radical (unpaired) electrons. The molecule has 2 rings (SSSR count). The molecule has 0 spiro atoms. The number of H-pyrrole nitrogens is 1. The average Bonchev–Trinajstić information content (AvgIpc) is 2.72. The monoisotopic (exact) mass is 234 g/mol. The third-order valence-electron chi connectivity index (χ3n) is 2.40. The van der Waals surface area contributed by atoms with Gasteiger partial charge in [-0.05, 0) is 5.56 Å². The lowest BCUT2D eigenvalue weighted by Crippen LogP contribution is -2.21. The molecular weight excluding hydrogens is 222 g/mol. The lowest BCUT2D eigenvalue weighted by Gasteiger charge is -1.98. The summed E-state index contributed by atoms with van der Waals surface area (Å²) in [5.74, 6) is -0.453. The Kier molecular flexibility index (Phi) is 3.09. The number of methoxy groups -OCH3 is 1. The van der Waals surface area contributed by atoms with Gasteiger partial charge in [-0.1, -0.05) is 30.3 Å². The van der Waals surface area contributed by atoms with E-state index in [0.717, 1.165) is 5.56 Å². The van der Waals surface area contributed by atoms with Crippen LogP contribution in [0.15, 0.2) is 41.3 Å². The molecule has 5 heteroatoms. The maximum atomic E-state index is 11.6. The van der Waals surface area contributed by atoms with Crippen LogP contribution >= 0.6 is 0 Å². The number of benzene rings is 1. The zero-order chi connectivity index (χ0) is 12.3. The lowest BCUT2D eigenvalue weighted by molar-refractivity contribution is -0.141. The zero-order valence-corrected chi connectivity index (χ0v) is 9.34. The number of esters is 1. The summed E-state index contributed by atoms with van der Waals surface area (Å²) in [4.78, 5) is 25.3. The second-order valence-corrected chi connectivity index (χ2v) is 3.54. The zero-order valence-electron chi connectivity index (χ0n) is 9.34. The molecule has 0 unspecified atom stereocenters. The van der Waals surface area contributed by atoms with Crippen molar-refractivity contribution in [2.45, 2.75) is 6.54 Å². The highest BCUT2D eigenvalue weighted by Crippen LogP contribution is 2.14. The van der Waals surface area contributed by atoms with E-state index in [2.05, 4.69) is 9.72 Å². The maximum absolute atomic E-state index is 11.6. The fourth-order valence-corrected chi connectivity index (χ4v) is 1.52. The van der Waals surface area contributed by atoms with E-state index in [1.807, 2.05) is 30.3 Å². The van der Waals surface area contributed by atoms with E-state index in [1.54, 1.807) is 6.20 Å². The fourth-order valence-electron chi connectivity index (χ4n) is 1.52.